The van der Waals surface area contributed by atoms with Crippen LogP contribution in [0.15, 0.2) is 42.5 Å². The molecule has 2 N–H and O–H groups in total. The van der Waals surface area contributed by atoms with Gasteiger partial charge in [-0.25, -0.2) is 0 Å². The molecule has 2 aromatic carbocycles. The first-order valence-corrected chi connectivity index (χ1v) is 11.4. The van der Waals surface area contributed by atoms with Crippen LogP contribution in [0.25, 0.3) is 21.8 Å². The second-order valence-corrected chi connectivity index (χ2v) is 10.3. The molecule has 2 radical (unpaired) electrons. The maximum absolute atomic E-state index is 11.4. The van der Waals surface area contributed by atoms with Crippen molar-refractivity contribution in [3.05, 3.63) is 42.5 Å². The van der Waals surface area contributed by atoms with Crippen molar-refractivity contribution in [2.75, 3.05) is 0 Å². The van der Waals surface area contributed by atoms with Crippen molar-refractivity contribution in [2.24, 2.45) is 0 Å². The third-order valence-corrected chi connectivity index (χ3v) is 6.42. The molecule has 1 aromatic heterocycles. The molecular weight excluding hydrogens is 462 g/mol. The van der Waals surface area contributed by atoms with E-state index in [2.05, 4.69) is 4.98 Å². The Morgan fingerprint density at radius 3 is 2.26 bits per heavy atom. The fraction of sp³-hybridized carbons (Fsp3) is 0. The van der Waals surface area contributed by atoms with E-state index in [0.717, 1.165) is 19.8 Å². The quantitative estimate of drug-likeness (QED) is 0.380. The van der Waals surface area contributed by atoms with Crippen molar-refractivity contribution in [1.29, 1.82) is 0 Å². The molecule has 1 heterocycles. The van der Waals surface area contributed by atoms with Crippen molar-refractivity contribution in [2.45, 2.75) is 0 Å². The molecule has 94 valence electrons. The number of pyridine rings is 1. The number of hydrogen-bond donors (Lipinski definition) is 2. The van der Waals surface area contributed by atoms with E-state index < -0.39 is 19.6 Å². The number of fused-ring (bicyclic) bond motifs is 2. The molecule has 0 aliphatic rings. The minimum absolute atomic E-state index is 0.0916. The molecule has 3 rings (SSSR count). The van der Waals surface area contributed by atoms with Crippen LogP contribution in [-0.4, -0.2) is 54.4 Å². The predicted octanol–water partition coefficient (Wildman–Crippen LogP) is -0.257. The monoisotopic (exact) mass is 469 g/mol. The van der Waals surface area contributed by atoms with Gasteiger partial charge in [-0.05, 0) is 0 Å². The second kappa shape index (κ2) is 4.78. The summed E-state index contributed by atoms with van der Waals surface area (Å²) in [6.07, 6.45) is 0. The summed E-state index contributed by atoms with van der Waals surface area (Å²) in [6.45, 7) is 0. The van der Waals surface area contributed by atoms with Crippen molar-refractivity contribution in [3.63, 3.8) is 0 Å². The molecule has 0 saturated carbocycles. The number of aromatic nitrogens is 1. The first kappa shape index (κ1) is 13.4. The fourth-order valence-electron chi connectivity index (χ4n) is 1.98. The summed E-state index contributed by atoms with van der Waals surface area (Å²) in [6, 6.07) is 12.7. The number of rotatable bonds is 1. The molecular formula is C13H9NO3Sb2. The van der Waals surface area contributed by atoms with E-state index in [0.29, 0.717) is 5.52 Å². The van der Waals surface area contributed by atoms with E-state index in [9.17, 15) is 9.79 Å². The van der Waals surface area contributed by atoms with Crippen LogP contribution < -0.4 is 7.02 Å². The van der Waals surface area contributed by atoms with Crippen LogP contribution in [0, 0.1) is 0 Å². The molecule has 0 atom stereocenters. The Labute approximate surface area is 128 Å². The molecule has 3 aromatic rings. The Balaban J connectivity index is 2.33. The average molecular weight is 471 g/mol. The van der Waals surface area contributed by atoms with Gasteiger partial charge in [-0.3, -0.25) is 0 Å². The normalized spacial score (nSPS) is 12.2. The minimum atomic E-state index is -5.15. The Morgan fingerprint density at radius 2 is 1.58 bits per heavy atom. The van der Waals surface area contributed by atoms with Crippen LogP contribution >= 0.6 is 0 Å². The van der Waals surface area contributed by atoms with E-state index in [4.69, 9.17) is 0 Å². The summed E-state index contributed by atoms with van der Waals surface area (Å²) in [5.74, 6) is 0. The Hall–Kier alpha value is -0.534. The van der Waals surface area contributed by atoms with Crippen LogP contribution in [0.1, 0.15) is 0 Å². The van der Waals surface area contributed by atoms with Gasteiger partial charge in [-0.15, -0.1) is 0 Å². The zero-order valence-electron chi connectivity index (χ0n) is 9.69. The van der Waals surface area contributed by atoms with Gasteiger partial charge in [0, 0.05) is 0 Å². The molecule has 19 heavy (non-hydrogen) atoms. The molecule has 0 unspecified atom stereocenters. The van der Waals surface area contributed by atoms with Crippen molar-refractivity contribution >= 4 is 71.5 Å². The second-order valence-electron chi connectivity index (χ2n) is 4.29. The van der Waals surface area contributed by atoms with Crippen molar-refractivity contribution in [1.82, 2.24) is 4.98 Å². The van der Waals surface area contributed by atoms with Gasteiger partial charge < -0.3 is 0 Å². The van der Waals surface area contributed by atoms with Crippen molar-refractivity contribution in [3.8, 4) is 0 Å². The van der Waals surface area contributed by atoms with Crippen LogP contribution in [0.5, 0.6) is 0 Å². The average Bonchev–Trinajstić information content (AvgIpc) is 2.34. The van der Waals surface area contributed by atoms with Crippen LogP contribution in [0.2, 0.25) is 0 Å². The van der Waals surface area contributed by atoms with E-state index in [1.54, 1.807) is 29.1 Å². The molecule has 0 spiro atoms. The van der Waals surface area contributed by atoms with E-state index in [1.807, 2.05) is 24.3 Å². The zero-order valence-corrected chi connectivity index (χ0v) is 14.8. The van der Waals surface area contributed by atoms with Gasteiger partial charge in [-0.2, -0.15) is 0 Å². The van der Waals surface area contributed by atoms with E-state index in [1.165, 1.54) is 12.1 Å². The van der Waals surface area contributed by atoms with Gasteiger partial charge in [0.2, 0.25) is 0 Å². The molecule has 0 aliphatic carbocycles. The molecule has 4 nitrogen and oxygen atoms in total. The molecule has 0 saturated heterocycles. The summed E-state index contributed by atoms with van der Waals surface area (Å²) in [7, 11) is 0. The Kier molecular flexibility index (Phi) is 3.39. The van der Waals surface area contributed by atoms with Crippen LogP contribution in [0.4, 0.5) is 0 Å². The summed E-state index contributed by atoms with van der Waals surface area (Å²) in [5, 5.41) is 1.92. The Bertz CT molecular complexity index is 842. The van der Waals surface area contributed by atoms with Gasteiger partial charge in [0.1, 0.15) is 0 Å². The maximum atomic E-state index is 11.4. The van der Waals surface area contributed by atoms with Gasteiger partial charge >= 0.3 is 129 Å². The standard InChI is InChI=1S/C13H7N.2H2O.O.2Sb/c1-3-7-12-10(5-1)9-11-6-2-4-8-13(11)14-12;;;;;/h1-2,5-9H;2*1H2;;;/q;;;;;+2/p-2. The van der Waals surface area contributed by atoms with Gasteiger partial charge in [0.15, 0.2) is 0 Å². The summed E-state index contributed by atoms with van der Waals surface area (Å²) < 4.78 is 31.2. The third-order valence-electron chi connectivity index (χ3n) is 2.92. The molecule has 6 heteroatoms. The SMILES string of the molecule is [O]=[Sb]([OH])([OH])[c]1ccc2cc3cc[c]([Sb])cc3nc2c1. The predicted molar refractivity (Wildman–Crippen MR) is 75.1 cm³/mol. The van der Waals surface area contributed by atoms with E-state index >= 15 is 0 Å². The number of hydrogen-bond acceptors (Lipinski definition) is 2. The molecule has 0 fully saturated rings. The summed E-state index contributed by atoms with van der Waals surface area (Å²) >= 11 is -3.53. The summed E-state index contributed by atoms with van der Waals surface area (Å²) in [4.78, 5) is 4.49. The zero-order chi connectivity index (χ0) is 13.6. The fourth-order valence-corrected chi connectivity index (χ4v) is 4.14. The Morgan fingerprint density at radius 1 is 0.947 bits per heavy atom. The molecule has 0 aliphatic heterocycles. The van der Waals surface area contributed by atoms with Gasteiger partial charge in [-0.1, -0.05) is 0 Å². The van der Waals surface area contributed by atoms with Crippen molar-refractivity contribution < 1.29 is 9.79 Å². The molecule has 0 bridgehead atoms. The molecule has 0 amide bonds. The van der Waals surface area contributed by atoms with Gasteiger partial charge in [0.05, 0.1) is 0 Å². The topological polar surface area (TPSA) is 70.4 Å². The van der Waals surface area contributed by atoms with Crippen LogP contribution in [-0.2, 0) is 3.02 Å². The van der Waals surface area contributed by atoms with Gasteiger partial charge in [0.25, 0.3) is 0 Å². The third kappa shape index (κ3) is 2.68. The first-order valence-electron chi connectivity index (χ1n) is 5.53. The summed E-state index contributed by atoms with van der Waals surface area (Å²) in [5.41, 5.74) is 1.48. The number of nitrogens with zero attached hydrogens (tertiary/aromatic N) is 1. The van der Waals surface area contributed by atoms with Crippen LogP contribution in [0.3, 0.4) is 0 Å². The van der Waals surface area contributed by atoms with E-state index in [-0.39, 0.29) is 3.51 Å². The first-order chi connectivity index (χ1) is 8.93. The number of benzene rings is 2.